The van der Waals surface area contributed by atoms with Gasteiger partial charge in [-0.15, -0.1) is 0 Å². The maximum Gasteiger partial charge on any atom is 0.163 e. The Balaban J connectivity index is 2.58. The van der Waals surface area contributed by atoms with Crippen molar-refractivity contribution in [3.63, 3.8) is 0 Å². The minimum atomic E-state index is -0.236. The Morgan fingerprint density at radius 1 is 1.20 bits per heavy atom. The van der Waals surface area contributed by atoms with Gasteiger partial charge in [-0.05, 0) is 49.1 Å². The molecule has 1 nitrogen and oxygen atoms in total. The third-order valence-corrected chi connectivity index (χ3v) is 2.79. The van der Waals surface area contributed by atoms with Crippen molar-refractivity contribution in [2.75, 3.05) is 0 Å². The lowest BCUT2D eigenvalue weighted by Gasteiger charge is -2.10. The number of benzene rings is 1. The molecular formula is C13H13FO. The largest absolute Gasteiger partial charge is 0.294 e. The van der Waals surface area contributed by atoms with Crippen LogP contribution in [0.25, 0.3) is 5.57 Å². The van der Waals surface area contributed by atoms with Crippen molar-refractivity contribution in [2.45, 2.75) is 26.7 Å². The van der Waals surface area contributed by atoms with Crippen LogP contribution in [0.2, 0.25) is 0 Å². The Hall–Kier alpha value is -1.44. The van der Waals surface area contributed by atoms with E-state index >= 15 is 0 Å². The fourth-order valence-corrected chi connectivity index (χ4v) is 2.17. The maximum absolute atomic E-state index is 13.1. The molecule has 0 aliphatic heterocycles. The minimum Gasteiger partial charge on any atom is -0.294 e. The second-order valence-electron chi connectivity index (χ2n) is 3.99. The molecule has 0 unspecified atom stereocenters. The molecule has 0 spiro atoms. The van der Waals surface area contributed by atoms with E-state index in [9.17, 15) is 9.18 Å². The van der Waals surface area contributed by atoms with E-state index in [1.807, 2.05) is 19.9 Å². The lowest BCUT2D eigenvalue weighted by molar-refractivity contribution is -0.113. The van der Waals surface area contributed by atoms with Crippen LogP contribution in [-0.2, 0) is 4.79 Å². The first kappa shape index (κ1) is 10.1. The van der Waals surface area contributed by atoms with Crippen molar-refractivity contribution in [1.82, 2.24) is 0 Å². The van der Waals surface area contributed by atoms with E-state index in [1.165, 1.54) is 12.1 Å². The predicted octanol–water partition coefficient (Wildman–Crippen LogP) is 3.19. The molecule has 78 valence electrons. The van der Waals surface area contributed by atoms with Crippen LogP contribution in [0, 0.1) is 19.7 Å². The highest BCUT2D eigenvalue weighted by atomic mass is 19.1. The molecule has 0 saturated heterocycles. The van der Waals surface area contributed by atoms with Gasteiger partial charge in [-0.1, -0.05) is 6.08 Å². The first-order valence-corrected chi connectivity index (χ1v) is 5.10. The highest BCUT2D eigenvalue weighted by molar-refractivity contribution is 6.23. The number of Topliss-reactive ketones (excluding diaryl/α,β-unsaturated/α-hetero) is 1. The topological polar surface area (TPSA) is 17.1 Å². The number of allylic oxidation sites excluding steroid dienone is 2. The van der Waals surface area contributed by atoms with Crippen LogP contribution in [0.1, 0.15) is 29.5 Å². The number of aryl methyl sites for hydroxylation is 2. The summed E-state index contributed by atoms with van der Waals surface area (Å²) in [4.78, 5) is 11.6. The number of carbonyl (C=O) groups is 1. The Morgan fingerprint density at radius 3 is 2.27 bits per heavy atom. The Morgan fingerprint density at radius 2 is 1.80 bits per heavy atom. The zero-order valence-corrected chi connectivity index (χ0v) is 8.93. The summed E-state index contributed by atoms with van der Waals surface area (Å²) in [6, 6.07) is 2.96. The molecule has 1 aromatic rings. The average molecular weight is 204 g/mol. The SMILES string of the molecule is Cc1cc(F)cc(C)c1C1=CCCC1=O. The number of hydrogen-bond acceptors (Lipinski definition) is 1. The molecule has 1 aromatic carbocycles. The number of ketones is 1. The van der Waals surface area contributed by atoms with Gasteiger partial charge in [-0.25, -0.2) is 4.39 Å². The van der Waals surface area contributed by atoms with E-state index in [-0.39, 0.29) is 11.6 Å². The third kappa shape index (κ3) is 1.72. The summed E-state index contributed by atoms with van der Waals surface area (Å²) in [6.07, 6.45) is 3.35. The number of halogens is 1. The number of rotatable bonds is 1. The predicted molar refractivity (Wildman–Crippen MR) is 58.1 cm³/mol. The first-order chi connectivity index (χ1) is 7.09. The quantitative estimate of drug-likeness (QED) is 0.686. The van der Waals surface area contributed by atoms with Gasteiger partial charge in [-0.3, -0.25) is 4.79 Å². The van der Waals surface area contributed by atoms with Crippen LogP contribution < -0.4 is 0 Å². The van der Waals surface area contributed by atoms with E-state index in [0.717, 1.165) is 28.7 Å². The molecule has 1 aliphatic carbocycles. The highest BCUT2D eigenvalue weighted by Gasteiger charge is 2.20. The molecule has 0 amide bonds. The summed E-state index contributed by atoms with van der Waals surface area (Å²) < 4.78 is 13.1. The normalized spacial score (nSPS) is 15.7. The molecule has 0 heterocycles. The molecule has 2 rings (SSSR count). The van der Waals surface area contributed by atoms with Crippen LogP contribution in [0.3, 0.4) is 0 Å². The molecule has 1 aliphatic rings. The van der Waals surface area contributed by atoms with Crippen LogP contribution >= 0.6 is 0 Å². The molecule has 0 radical (unpaired) electrons. The average Bonchev–Trinajstić information content (AvgIpc) is 2.50. The summed E-state index contributed by atoms with van der Waals surface area (Å²) >= 11 is 0. The van der Waals surface area contributed by atoms with Crippen molar-refractivity contribution in [1.29, 1.82) is 0 Å². The monoisotopic (exact) mass is 204 g/mol. The number of hydrogen-bond donors (Lipinski definition) is 0. The Labute approximate surface area is 88.6 Å². The van der Waals surface area contributed by atoms with Crippen LogP contribution in [-0.4, -0.2) is 5.78 Å². The van der Waals surface area contributed by atoms with Crippen molar-refractivity contribution in [2.24, 2.45) is 0 Å². The fraction of sp³-hybridized carbons (Fsp3) is 0.308. The Bertz CT molecular complexity index is 435. The molecule has 2 heteroatoms. The molecule has 0 N–H and O–H groups in total. The van der Waals surface area contributed by atoms with Gasteiger partial charge >= 0.3 is 0 Å². The van der Waals surface area contributed by atoms with Crippen LogP contribution in [0.4, 0.5) is 4.39 Å². The molecule has 0 aromatic heterocycles. The standard InChI is InChI=1S/C13H13FO/c1-8-6-10(14)7-9(2)13(8)11-4-3-5-12(11)15/h4,6-7H,3,5H2,1-2H3. The van der Waals surface area contributed by atoms with Gasteiger partial charge in [0, 0.05) is 12.0 Å². The summed E-state index contributed by atoms with van der Waals surface area (Å²) in [7, 11) is 0. The maximum atomic E-state index is 13.1. The molecule has 0 bridgehead atoms. The van der Waals surface area contributed by atoms with Crippen molar-refractivity contribution >= 4 is 11.4 Å². The van der Waals surface area contributed by atoms with Crippen LogP contribution in [0.5, 0.6) is 0 Å². The first-order valence-electron chi connectivity index (χ1n) is 5.10. The Kier molecular flexibility index (Phi) is 2.43. The lowest BCUT2D eigenvalue weighted by Crippen LogP contribution is -2.00. The van der Waals surface area contributed by atoms with Gasteiger partial charge in [0.1, 0.15) is 5.82 Å². The van der Waals surface area contributed by atoms with E-state index in [4.69, 9.17) is 0 Å². The molecule has 0 fully saturated rings. The van der Waals surface area contributed by atoms with Gasteiger partial charge in [-0.2, -0.15) is 0 Å². The lowest BCUT2D eigenvalue weighted by atomic mass is 9.94. The van der Waals surface area contributed by atoms with Crippen molar-refractivity contribution in [3.8, 4) is 0 Å². The summed E-state index contributed by atoms with van der Waals surface area (Å²) in [5, 5.41) is 0. The minimum absolute atomic E-state index is 0.174. The molecule has 0 atom stereocenters. The van der Waals surface area contributed by atoms with Crippen LogP contribution in [0.15, 0.2) is 18.2 Å². The summed E-state index contributed by atoms with van der Waals surface area (Å²) in [5.41, 5.74) is 3.37. The van der Waals surface area contributed by atoms with Gasteiger partial charge in [0.15, 0.2) is 5.78 Å². The van der Waals surface area contributed by atoms with E-state index in [1.54, 1.807) is 0 Å². The van der Waals surface area contributed by atoms with Gasteiger partial charge in [0.05, 0.1) is 0 Å². The van der Waals surface area contributed by atoms with Gasteiger partial charge in [0.25, 0.3) is 0 Å². The zero-order chi connectivity index (χ0) is 11.0. The van der Waals surface area contributed by atoms with Crippen molar-refractivity contribution < 1.29 is 9.18 Å². The summed E-state index contributed by atoms with van der Waals surface area (Å²) in [5.74, 6) is -0.0624. The summed E-state index contributed by atoms with van der Waals surface area (Å²) in [6.45, 7) is 3.69. The fourth-order valence-electron chi connectivity index (χ4n) is 2.17. The highest BCUT2D eigenvalue weighted by Crippen LogP contribution is 2.30. The van der Waals surface area contributed by atoms with E-state index in [2.05, 4.69) is 0 Å². The second-order valence-corrected chi connectivity index (χ2v) is 3.99. The molecule has 0 saturated carbocycles. The van der Waals surface area contributed by atoms with E-state index < -0.39 is 0 Å². The van der Waals surface area contributed by atoms with Crippen molar-refractivity contribution in [3.05, 3.63) is 40.7 Å². The van der Waals surface area contributed by atoms with Gasteiger partial charge < -0.3 is 0 Å². The second kappa shape index (κ2) is 3.61. The molecule has 15 heavy (non-hydrogen) atoms. The van der Waals surface area contributed by atoms with E-state index in [0.29, 0.717) is 6.42 Å². The third-order valence-electron chi connectivity index (χ3n) is 2.79. The smallest absolute Gasteiger partial charge is 0.163 e. The molecular weight excluding hydrogens is 191 g/mol. The number of carbonyl (C=O) groups excluding carboxylic acids is 1. The zero-order valence-electron chi connectivity index (χ0n) is 8.93. The van der Waals surface area contributed by atoms with Gasteiger partial charge in [0.2, 0.25) is 0 Å².